The van der Waals surface area contributed by atoms with E-state index in [1.807, 2.05) is 17.9 Å². The predicted octanol–water partition coefficient (Wildman–Crippen LogP) is 4.90. The lowest BCUT2D eigenvalue weighted by Crippen LogP contribution is -2.48. The summed E-state index contributed by atoms with van der Waals surface area (Å²) >= 11 is 0. The van der Waals surface area contributed by atoms with Crippen LogP contribution in [0.1, 0.15) is 87.3 Å². The SMILES string of the molecule is C=CC1CC2CCN3CCCCC=CCCc4cc2c(o4)C(C3=O)N1C(=O)CCC. The van der Waals surface area contributed by atoms with Crippen LogP contribution in [0, 0.1) is 0 Å². The number of carbonyl (C=O) groups excluding carboxylic acids is 2. The van der Waals surface area contributed by atoms with Gasteiger partial charge in [-0.05, 0) is 62.5 Å². The first kappa shape index (κ1) is 21.0. The van der Waals surface area contributed by atoms with Crippen molar-refractivity contribution in [2.24, 2.45) is 0 Å². The maximum Gasteiger partial charge on any atom is 0.253 e. The van der Waals surface area contributed by atoms with Gasteiger partial charge in [0, 0.05) is 25.9 Å². The normalized spacial score (nSPS) is 27.0. The van der Waals surface area contributed by atoms with E-state index in [4.69, 9.17) is 4.42 Å². The summed E-state index contributed by atoms with van der Waals surface area (Å²) in [4.78, 5) is 30.9. The number of hydrogen-bond donors (Lipinski definition) is 0. The molecule has 3 aliphatic heterocycles. The summed E-state index contributed by atoms with van der Waals surface area (Å²) in [5.74, 6) is 1.95. The first-order valence-electron chi connectivity index (χ1n) is 11.6. The van der Waals surface area contributed by atoms with E-state index in [1.165, 1.54) is 0 Å². The number of hydrogen-bond acceptors (Lipinski definition) is 3. The third kappa shape index (κ3) is 3.99. The lowest BCUT2D eigenvalue weighted by molar-refractivity contribution is -0.148. The highest BCUT2D eigenvalue weighted by Gasteiger charge is 2.46. The molecule has 3 atom stereocenters. The van der Waals surface area contributed by atoms with Gasteiger partial charge in [0.1, 0.15) is 11.5 Å². The van der Waals surface area contributed by atoms with Crippen LogP contribution in [0.3, 0.4) is 0 Å². The fourth-order valence-corrected chi connectivity index (χ4v) is 5.21. The lowest BCUT2D eigenvalue weighted by Gasteiger charge is -2.36. The van der Waals surface area contributed by atoms with Crippen molar-refractivity contribution in [1.29, 1.82) is 0 Å². The van der Waals surface area contributed by atoms with Gasteiger partial charge in [-0.3, -0.25) is 9.59 Å². The zero-order chi connectivity index (χ0) is 21.1. The molecule has 0 aromatic carbocycles. The molecule has 162 valence electrons. The molecule has 0 saturated carbocycles. The Bertz CT molecular complexity index is 824. The number of fused-ring (bicyclic) bond motifs is 2. The van der Waals surface area contributed by atoms with Gasteiger partial charge < -0.3 is 14.2 Å². The van der Waals surface area contributed by atoms with Gasteiger partial charge >= 0.3 is 0 Å². The smallest absolute Gasteiger partial charge is 0.253 e. The van der Waals surface area contributed by atoms with Gasteiger partial charge in [0.15, 0.2) is 6.04 Å². The van der Waals surface area contributed by atoms with E-state index >= 15 is 0 Å². The topological polar surface area (TPSA) is 53.8 Å². The first-order valence-corrected chi connectivity index (χ1v) is 11.6. The van der Waals surface area contributed by atoms with Crippen LogP contribution < -0.4 is 0 Å². The van der Waals surface area contributed by atoms with Crippen molar-refractivity contribution in [3.8, 4) is 0 Å². The Labute approximate surface area is 179 Å². The molecule has 0 N–H and O–H groups in total. The van der Waals surface area contributed by atoms with E-state index in [-0.39, 0.29) is 23.8 Å². The molecule has 5 heteroatoms. The number of allylic oxidation sites excluding steroid dienone is 2. The number of rotatable bonds is 3. The van der Waals surface area contributed by atoms with Crippen LogP contribution in [0.25, 0.3) is 0 Å². The Kier molecular flexibility index (Phi) is 6.45. The zero-order valence-corrected chi connectivity index (χ0v) is 18.1. The molecule has 3 unspecified atom stereocenters. The highest BCUT2D eigenvalue weighted by atomic mass is 16.3. The van der Waals surface area contributed by atoms with E-state index in [2.05, 4.69) is 24.8 Å². The van der Waals surface area contributed by atoms with E-state index in [0.717, 1.165) is 75.8 Å². The number of aryl methyl sites for hydroxylation is 1. The van der Waals surface area contributed by atoms with E-state index in [1.54, 1.807) is 4.90 Å². The van der Waals surface area contributed by atoms with Gasteiger partial charge in [0.2, 0.25) is 5.91 Å². The molecule has 1 aromatic heterocycles. The molecule has 2 amide bonds. The van der Waals surface area contributed by atoms with Crippen LogP contribution in [0.4, 0.5) is 0 Å². The fraction of sp³-hybridized carbons (Fsp3) is 0.600. The van der Waals surface area contributed by atoms with Gasteiger partial charge in [-0.15, -0.1) is 6.58 Å². The molecule has 5 nitrogen and oxygen atoms in total. The Balaban J connectivity index is 1.84. The van der Waals surface area contributed by atoms with E-state index < -0.39 is 6.04 Å². The third-order valence-corrected chi connectivity index (χ3v) is 6.78. The molecule has 4 heterocycles. The second-order valence-corrected chi connectivity index (χ2v) is 8.84. The monoisotopic (exact) mass is 410 g/mol. The quantitative estimate of drug-likeness (QED) is 0.666. The van der Waals surface area contributed by atoms with Crippen LogP contribution in [0.2, 0.25) is 0 Å². The van der Waals surface area contributed by atoms with Gasteiger partial charge in [-0.2, -0.15) is 0 Å². The molecule has 0 saturated heterocycles. The Morgan fingerprint density at radius 3 is 2.90 bits per heavy atom. The zero-order valence-electron chi connectivity index (χ0n) is 18.1. The van der Waals surface area contributed by atoms with Gasteiger partial charge in [0.25, 0.3) is 5.91 Å². The minimum Gasteiger partial charge on any atom is -0.463 e. The van der Waals surface area contributed by atoms with Gasteiger partial charge in [-0.1, -0.05) is 25.2 Å². The van der Waals surface area contributed by atoms with Gasteiger partial charge in [0.05, 0.1) is 6.04 Å². The van der Waals surface area contributed by atoms with Crippen LogP contribution in [-0.4, -0.2) is 40.7 Å². The molecule has 1 aromatic rings. The van der Waals surface area contributed by atoms with E-state index in [9.17, 15) is 9.59 Å². The summed E-state index contributed by atoms with van der Waals surface area (Å²) in [6.07, 6.45) is 14.1. The van der Waals surface area contributed by atoms with Crippen LogP contribution >= 0.6 is 0 Å². The molecular formula is C25H34N2O3. The summed E-state index contributed by atoms with van der Waals surface area (Å²) in [7, 11) is 0. The number of amides is 2. The Morgan fingerprint density at radius 1 is 1.27 bits per heavy atom. The summed E-state index contributed by atoms with van der Waals surface area (Å²) < 4.78 is 6.36. The molecule has 0 radical (unpaired) electrons. The molecule has 0 aliphatic carbocycles. The summed E-state index contributed by atoms with van der Waals surface area (Å²) in [6.45, 7) is 7.52. The van der Waals surface area contributed by atoms with Crippen molar-refractivity contribution in [3.63, 3.8) is 0 Å². The van der Waals surface area contributed by atoms with Crippen molar-refractivity contribution in [2.45, 2.75) is 82.7 Å². The van der Waals surface area contributed by atoms with Crippen molar-refractivity contribution >= 4 is 11.8 Å². The molecule has 0 fully saturated rings. The standard InChI is InChI=1S/C25H34N2O3/c1-3-11-22(28)27-19(4-2)16-18-13-15-26-14-10-8-6-5-7-9-12-20-17-21(18)24(30-20)23(27)25(26)29/h4-5,7,17-19,23H,2-3,6,8-16H2,1H3. The molecule has 4 rings (SSSR count). The van der Waals surface area contributed by atoms with Gasteiger partial charge in [-0.25, -0.2) is 0 Å². The first-order chi connectivity index (χ1) is 14.6. The van der Waals surface area contributed by atoms with Crippen LogP contribution in [-0.2, 0) is 16.0 Å². The Hall–Kier alpha value is -2.30. The average Bonchev–Trinajstić information content (AvgIpc) is 3.10. The molecule has 5 bridgehead atoms. The van der Waals surface area contributed by atoms with Crippen molar-refractivity contribution in [2.75, 3.05) is 13.1 Å². The average molecular weight is 411 g/mol. The van der Waals surface area contributed by atoms with Crippen molar-refractivity contribution in [3.05, 3.63) is 48.0 Å². The Morgan fingerprint density at radius 2 is 2.10 bits per heavy atom. The molecule has 30 heavy (non-hydrogen) atoms. The van der Waals surface area contributed by atoms with E-state index in [0.29, 0.717) is 12.2 Å². The second-order valence-electron chi connectivity index (χ2n) is 8.84. The highest BCUT2D eigenvalue weighted by Crippen LogP contribution is 2.44. The largest absolute Gasteiger partial charge is 0.463 e. The molecule has 3 aliphatic rings. The second kappa shape index (κ2) is 9.23. The van der Waals surface area contributed by atoms with Crippen LogP contribution in [0.5, 0.6) is 0 Å². The van der Waals surface area contributed by atoms with Crippen molar-refractivity contribution < 1.29 is 14.0 Å². The lowest BCUT2D eigenvalue weighted by atomic mass is 9.88. The minimum atomic E-state index is -0.667. The third-order valence-electron chi connectivity index (χ3n) is 6.78. The number of carbonyl (C=O) groups is 2. The van der Waals surface area contributed by atoms with Crippen molar-refractivity contribution in [1.82, 2.24) is 9.80 Å². The van der Waals surface area contributed by atoms with Crippen LogP contribution in [0.15, 0.2) is 35.3 Å². The summed E-state index contributed by atoms with van der Waals surface area (Å²) in [5, 5.41) is 0. The molecule has 0 spiro atoms. The number of nitrogens with zero attached hydrogens (tertiary/aromatic N) is 2. The highest BCUT2D eigenvalue weighted by molar-refractivity contribution is 5.89. The summed E-state index contributed by atoms with van der Waals surface area (Å²) in [5.41, 5.74) is 1.14. The predicted molar refractivity (Wildman–Crippen MR) is 117 cm³/mol. The summed E-state index contributed by atoms with van der Waals surface area (Å²) in [6, 6.07) is 1.35. The fourth-order valence-electron chi connectivity index (χ4n) is 5.21. The maximum atomic E-state index is 13.8. The molecular weight excluding hydrogens is 376 g/mol. The maximum absolute atomic E-state index is 13.8. The minimum absolute atomic E-state index is 0.0152. The number of furan rings is 1.